The molecule has 196 valence electrons. The van der Waals surface area contributed by atoms with Gasteiger partial charge in [-0.1, -0.05) is 0 Å². The summed E-state index contributed by atoms with van der Waals surface area (Å²) in [6.45, 7) is 9.82. The van der Waals surface area contributed by atoms with Crippen LogP contribution in [-0.4, -0.2) is 67.8 Å². The van der Waals surface area contributed by atoms with E-state index in [-0.39, 0.29) is 21.1 Å². The molecule has 11 heteroatoms. The summed E-state index contributed by atoms with van der Waals surface area (Å²) in [5, 5.41) is 21.1. The number of carboxylic acid groups (broad SMARTS) is 2. The van der Waals surface area contributed by atoms with Gasteiger partial charge in [0.15, 0.2) is 45.5 Å². The molecule has 0 saturated heterocycles. The molecule has 0 aromatic heterocycles. The molecule has 0 bridgehead atoms. The predicted molar refractivity (Wildman–Crippen MR) is 124 cm³/mol. The van der Waals surface area contributed by atoms with Gasteiger partial charge < -0.3 is 19.8 Å². The molecule has 0 spiro atoms. The summed E-state index contributed by atoms with van der Waals surface area (Å²) < 4.78 is 3.25. The van der Waals surface area contributed by atoms with Crippen molar-refractivity contribution in [2.75, 3.05) is 0 Å². The average Bonchev–Trinajstić information content (AvgIpc) is 2.67. The second-order valence-corrected chi connectivity index (χ2v) is 12.2. The summed E-state index contributed by atoms with van der Waals surface area (Å²) in [5.74, 6) is -10.0. The molecule has 0 aliphatic rings. The third kappa shape index (κ3) is 10.5. The third-order valence-electron chi connectivity index (χ3n) is 5.20. The minimum atomic E-state index is -2.61. The molecule has 0 unspecified atom stereocenters. The van der Waals surface area contributed by atoms with E-state index in [0.717, 1.165) is 41.5 Å². The van der Waals surface area contributed by atoms with Crippen LogP contribution in [0.25, 0.3) is 0 Å². The standard InChI is InChI=1S/2C8H10O5.2C4H9.Sn/c2*1-4(9)8(5(2)10,6(3)11)7(12)13;2*1-3-4-2;/h2*1-3H3,(H,12,13);2*1,3-4H2,2H3;/q;;;;+2/p-2. The van der Waals surface area contributed by atoms with Crippen molar-refractivity contribution in [3.8, 4) is 0 Å². The van der Waals surface area contributed by atoms with E-state index < -0.39 is 57.5 Å². The van der Waals surface area contributed by atoms with Crippen molar-refractivity contribution in [1.29, 1.82) is 0 Å². The van der Waals surface area contributed by atoms with Gasteiger partial charge in [0.05, 0.1) is 11.9 Å². The fraction of sp³-hybridized carbons (Fsp3) is 0.667. The van der Waals surface area contributed by atoms with Crippen molar-refractivity contribution in [2.45, 2.75) is 89.9 Å². The first kappa shape index (κ1) is 37.3. The molecule has 0 amide bonds. The molecule has 0 N–H and O–H groups in total. The van der Waals surface area contributed by atoms with Crippen molar-refractivity contribution in [3.05, 3.63) is 0 Å². The van der Waals surface area contributed by atoms with Crippen LogP contribution in [-0.2, 0) is 38.4 Å². The summed E-state index contributed by atoms with van der Waals surface area (Å²) >= 11 is 0.149. The number of rotatable bonds is 14. The zero-order valence-electron chi connectivity index (χ0n) is 21.8. The Bertz CT molecular complexity index is 624. The summed E-state index contributed by atoms with van der Waals surface area (Å²) in [6.07, 6.45) is 5.84. The van der Waals surface area contributed by atoms with E-state index in [2.05, 4.69) is 13.8 Å². The Labute approximate surface area is 216 Å². The number of ketones is 6. The van der Waals surface area contributed by atoms with Crippen molar-refractivity contribution in [3.63, 3.8) is 0 Å². The van der Waals surface area contributed by atoms with Crippen molar-refractivity contribution >= 4 is 67.8 Å². The van der Waals surface area contributed by atoms with Crippen LogP contribution < -0.4 is 10.2 Å². The Morgan fingerprint density at radius 1 is 0.514 bits per heavy atom. The van der Waals surface area contributed by atoms with Crippen LogP contribution in [0, 0.1) is 10.8 Å². The fourth-order valence-electron chi connectivity index (χ4n) is 3.08. The second kappa shape index (κ2) is 18.1. The van der Waals surface area contributed by atoms with Gasteiger partial charge in [0.25, 0.3) is 0 Å². The SMILES string of the molecule is CC(=O)C(C(C)=O)(C(C)=O)C(=O)[O-].CC(=O)C(C(C)=O)(C(C)=O)C(=O)[O-].CCC[CH2][Sn+2][CH2]CCC. The molecule has 10 nitrogen and oxygen atoms in total. The van der Waals surface area contributed by atoms with Crippen LogP contribution in [0.2, 0.25) is 8.87 Å². The average molecular weight is 603 g/mol. The monoisotopic (exact) mass is 604 g/mol. The first-order chi connectivity index (χ1) is 16.0. The van der Waals surface area contributed by atoms with Gasteiger partial charge in [-0.25, -0.2) is 0 Å². The van der Waals surface area contributed by atoms with Crippen LogP contribution in [0.1, 0.15) is 81.1 Å². The van der Waals surface area contributed by atoms with E-state index in [1.807, 2.05) is 0 Å². The van der Waals surface area contributed by atoms with Gasteiger partial charge in [-0.2, -0.15) is 0 Å². The minimum absolute atomic E-state index is 0.149. The van der Waals surface area contributed by atoms with Gasteiger partial charge in [0.1, 0.15) is 0 Å². The molecule has 0 aliphatic heterocycles. The summed E-state index contributed by atoms with van der Waals surface area (Å²) in [5.41, 5.74) is -5.22. The van der Waals surface area contributed by atoms with Gasteiger partial charge in [-0.3, -0.25) is 28.8 Å². The molecule has 0 aliphatic carbocycles. The van der Waals surface area contributed by atoms with Crippen molar-refractivity contribution in [1.82, 2.24) is 0 Å². The summed E-state index contributed by atoms with van der Waals surface area (Å²) in [7, 11) is 0. The summed E-state index contributed by atoms with van der Waals surface area (Å²) in [6, 6.07) is 0. The van der Waals surface area contributed by atoms with E-state index in [0.29, 0.717) is 0 Å². The van der Waals surface area contributed by atoms with Crippen LogP contribution in [0.3, 0.4) is 0 Å². The molecule has 0 rings (SSSR count). The normalized spacial score (nSPS) is 10.3. The van der Waals surface area contributed by atoms with Crippen molar-refractivity contribution in [2.24, 2.45) is 10.8 Å². The molecular formula is C24H36O10Sn. The van der Waals surface area contributed by atoms with Gasteiger partial charge in [-0.05, 0) is 41.5 Å². The number of carbonyl (C=O) groups is 8. The molecule has 0 atom stereocenters. The van der Waals surface area contributed by atoms with Gasteiger partial charge in [0.2, 0.25) is 0 Å². The Hall–Kier alpha value is -2.24. The third-order valence-corrected chi connectivity index (χ3v) is 9.23. The van der Waals surface area contributed by atoms with E-state index in [1.165, 1.54) is 25.7 Å². The molecule has 0 heterocycles. The predicted octanol–water partition coefficient (Wildman–Crippen LogP) is 0.107. The topological polar surface area (TPSA) is 183 Å². The first-order valence-corrected chi connectivity index (χ1v) is 15.2. The number of carbonyl (C=O) groups excluding carboxylic acids is 8. The number of hydrogen-bond donors (Lipinski definition) is 0. The first-order valence-electron chi connectivity index (χ1n) is 11.2. The maximum atomic E-state index is 10.9. The maximum absolute atomic E-state index is 10.9. The van der Waals surface area contributed by atoms with E-state index in [1.54, 1.807) is 8.87 Å². The molecular weight excluding hydrogens is 567 g/mol. The van der Waals surface area contributed by atoms with Crippen LogP contribution in [0.4, 0.5) is 0 Å². The Morgan fingerprint density at radius 3 is 0.800 bits per heavy atom. The quantitative estimate of drug-likeness (QED) is 0.150. The Morgan fingerprint density at radius 2 is 0.714 bits per heavy atom. The number of unbranched alkanes of at least 4 members (excludes halogenated alkanes) is 2. The van der Waals surface area contributed by atoms with Crippen molar-refractivity contribution < 1.29 is 48.6 Å². The molecule has 0 aromatic rings. The van der Waals surface area contributed by atoms with Gasteiger partial charge in [0, 0.05) is 0 Å². The molecule has 0 saturated carbocycles. The van der Waals surface area contributed by atoms with Crippen LogP contribution >= 0.6 is 0 Å². The van der Waals surface area contributed by atoms with E-state index in [4.69, 9.17) is 0 Å². The zero-order valence-corrected chi connectivity index (χ0v) is 24.7. The number of carboxylic acids is 2. The zero-order chi connectivity index (χ0) is 28.6. The Balaban J connectivity index is -0.000000448. The van der Waals surface area contributed by atoms with E-state index in [9.17, 15) is 48.6 Å². The van der Waals surface area contributed by atoms with Crippen LogP contribution in [0.15, 0.2) is 0 Å². The van der Waals surface area contributed by atoms with E-state index >= 15 is 0 Å². The Kier molecular flexibility index (Phi) is 19.3. The molecule has 0 radical (unpaired) electrons. The number of aliphatic carboxylic acids is 2. The molecule has 0 aromatic carbocycles. The number of hydrogen-bond acceptors (Lipinski definition) is 10. The van der Waals surface area contributed by atoms with Gasteiger partial charge in [-0.15, -0.1) is 0 Å². The van der Waals surface area contributed by atoms with Gasteiger partial charge >= 0.3 is 69.5 Å². The second-order valence-electron chi connectivity index (χ2n) is 7.87. The molecule has 35 heavy (non-hydrogen) atoms. The fourth-order valence-corrected chi connectivity index (χ4v) is 7.24. The van der Waals surface area contributed by atoms with Crippen LogP contribution in [0.5, 0.6) is 0 Å². The number of Topliss-reactive ketones (excluding diaryl/α,β-unsaturated/α-hetero) is 6. The molecule has 0 fully saturated rings. The summed E-state index contributed by atoms with van der Waals surface area (Å²) in [4.78, 5) is 86.7.